The fraction of sp³-hybridized carbons (Fsp3) is 0.481. The molecule has 1 atom stereocenters. The van der Waals surface area contributed by atoms with Crippen molar-refractivity contribution in [3.05, 3.63) is 65.0 Å². The van der Waals surface area contributed by atoms with Gasteiger partial charge in [0.05, 0.1) is 18.8 Å². The van der Waals surface area contributed by atoms with Crippen LogP contribution in [0.5, 0.6) is 0 Å². The van der Waals surface area contributed by atoms with Crippen molar-refractivity contribution in [1.82, 2.24) is 24.9 Å². The zero-order chi connectivity index (χ0) is 25.3. The summed E-state index contributed by atoms with van der Waals surface area (Å²) in [4.78, 5) is 42.3. The van der Waals surface area contributed by atoms with E-state index in [2.05, 4.69) is 17.0 Å². The van der Waals surface area contributed by atoms with E-state index in [4.69, 9.17) is 0 Å². The zero-order valence-corrected chi connectivity index (χ0v) is 21.1. The molecule has 0 aliphatic carbocycles. The number of nitrogens with zero attached hydrogens (tertiary/aromatic N) is 4. The van der Waals surface area contributed by atoms with Gasteiger partial charge in [-0.2, -0.15) is 5.10 Å². The molecule has 8 heteroatoms. The predicted molar refractivity (Wildman–Crippen MR) is 134 cm³/mol. The summed E-state index contributed by atoms with van der Waals surface area (Å²) in [6, 6.07) is 9.40. The fourth-order valence-corrected chi connectivity index (χ4v) is 5.43. The summed E-state index contributed by atoms with van der Waals surface area (Å²) in [6.07, 6.45) is 1.85. The molecular weight excluding hydrogens is 442 g/mol. The second-order valence-electron chi connectivity index (χ2n) is 9.96. The Labute approximate surface area is 207 Å². The molecule has 1 unspecified atom stereocenters. The second-order valence-corrected chi connectivity index (χ2v) is 9.96. The summed E-state index contributed by atoms with van der Waals surface area (Å²) in [5, 5.41) is 7.51. The third-order valence-electron chi connectivity index (χ3n) is 7.28. The number of aryl methyl sites for hydroxylation is 2. The van der Waals surface area contributed by atoms with Gasteiger partial charge in [0, 0.05) is 24.3 Å². The monoisotopic (exact) mass is 477 g/mol. The van der Waals surface area contributed by atoms with Gasteiger partial charge in [-0.15, -0.1) is 0 Å². The van der Waals surface area contributed by atoms with Gasteiger partial charge in [0.25, 0.3) is 11.8 Å². The van der Waals surface area contributed by atoms with Crippen LogP contribution in [-0.4, -0.2) is 62.6 Å². The molecule has 3 heterocycles. The molecular formula is C27H35N5O3. The molecule has 0 spiro atoms. The molecule has 2 aliphatic heterocycles. The van der Waals surface area contributed by atoms with Gasteiger partial charge in [-0.25, -0.2) is 4.79 Å². The maximum Gasteiger partial charge on any atom is 0.325 e. The first-order valence-electron chi connectivity index (χ1n) is 12.3. The van der Waals surface area contributed by atoms with Crippen LogP contribution >= 0.6 is 0 Å². The van der Waals surface area contributed by atoms with E-state index in [1.165, 1.54) is 4.90 Å². The van der Waals surface area contributed by atoms with Gasteiger partial charge in [-0.05, 0) is 69.7 Å². The normalized spacial score (nSPS) is 20.9. The summed E-state index contributed by atoms with van der Waals surface area (Å²) in [5.41, 5.74) is 3.61. The van der Waals surface area contributed by atoms with E-state index in [1.54, 1.807) is 0 Å². The van der Waals surface area contributed by atoms with Crippen molar-refractivity contribution in [2.45, 2.75) is 59.0 Å². The third kappa shape index (κ3) is 4.74. The molecule has 186 valence electrons. The first-order valence-corrected chi connectivity index (χ1v) is 12.3. The molecule has 2 fully saturated rings. The molecule has 1 aromatic heterocycles. The molecule has 1 N–H and O–H groups in total. The van der Waals surface area contributed by atoms with Crippen molar-refractivity contribution in [3.63, 3.8) is 0 Å². The molecule has 4 amide bonds. The molecule has 2 aromatic rings. The average molecular weight is 478 g/mol. The van der Waals surface area contributed by atoms with E-state index in [1.807, 2.05) is 67.6 Å². The largest absolute Gasteiger partial charge is 0.339 e. The van der Waals surface area contributed by atoms with E-state index in [0.29, 0.717) is 44.5 Å². The Hall–Kier alpha value is -3.42. The van der Waals surface area contributed by atoms with Crippen LogP contribution in [0.1, 0.15) is 60.4 Å². The Morgan fingerprint density at radius 2 is 1.91 bits per heavy atom. The summed E-state index contributed by atoms with van der Waals surface area (Å²) >= 11 is 0. The Morgan fingerprint density at radius 3 is 2.51 bits per heavy atom. The number of benzene rings is 1. The van der Waals surface area contributed by atoms with Gasteiger partial charge < -0.3 is 10.2 Å². The zero-order valence-electron chi connectivity index (χ0n) is 21.1. The summed E-state index contributed by atoms with van der Waals surface area (Å²) in [5.74, 6) is -0.190. The van der Waals surface area contributed by atoms with Crippen LogP contribution in [-0.2, 0) is 11.3 Å². The molecule has 0 saturated carbocycles. The van der Waals surface area contributed by atoms with Crippen molar-refractivity contribution in [2.75, 3.05) is 19.6 Å². The number of carbonyl (C=O) groups excluding carboxylic acids is 3. The number of hydrogen-bond donors (Lipinski definition) is 1. The smallest absolute Gasteiger partial charge is 0.325 e. The molecule has 2 saturated heterocycles. The maximum absolute atomic E-state index is 13.3. The van der Waals surface area contributed by atoms with Crippen LogP contribution in [0.2, 0.25) is 0 Å². The van der Waals surface area contributed by atoms with E-state index in [0.717, 1.165) is 22.5 Å². The van der Waals surface area contributed by atoms with Gasteiger partial charge in [0.15, 0.2) is 0 Å². The minimum atomic E-state index is -0.901. The second kappa shape index (κ2) is 9.68. The minimum Gasteiger partial charge on any atom is -0.339 e. The quantitative estimate of drug-likeness (QED) is 0.487. The van der Waals surface area contributed by atoms with Crippen molar-refractivity contribution >= 4 is 17.8 Å². The van der Waals surface area contributed by atoms with E-state index in [9.17, 15) is 14.4 Å². The van der Waals surface area contributed by atoms with E-state index in [-0.39, 0.29) is 30.3 Å². The lowest BCUT2D eigenvalue weighted by Crippen LogP contribution is -2.56. The molecule has 4 rings (SSSR count). The number of nitrogens with one attached hydrogen (secondary N) is 1. The number of carbonyl (C=O) groups is 3. The summed E-state index contributed by atoms with van der Waals surface area (Å²) in [7, 11) is 0. The highest BCUT2D eigenvalue weighted by Crippen LogP contribution is 2.36. The van der Waals surface area contributed by atoms with Gasteiger partial charge >= 0.3 is 6.03 Å². The Balaban J connectivity index is 1.43. The summed E-state index contributed by atoms with van der Waals surface area (Å²) in [6.45, 7) is 13.5. The highest BCUT2D eigenvalue weighted by atomic mass is 16.2. The van der Waals surface area contributed by atoms with Crippen LogP contribution in [0.25, 0.3) is 0 Å². The number of imide groups is 1. The van der Waals surface area contributed by atoms with Crippen LogP contribution < -0.4 is 5.32 Å². The Kier molecular flexibility index (Phi) is 6.83. The number of rotatable bonds is 7. The van der Waals surface area contributed by atoms with Gasteiger partial charge in [0.1, 0.15) is 5.54 Å². The van der Waals surface area contributed by atoms with Crippen molar-refractivity contribution < 1.29 is 14.4 Å². The van der Waals surface area contributed by atoms with Crippen LogP contribution in [0.15, 0.2) is 42.5 Å². The topological polar surface area (TPSA) is 87.5 Å². The maximum atomic E-state index is 13.3. The predicted octanol–water partition coefficient (Wildman–Crippen LogP) is 3.68. The van der Waals surface area contributed by atoms with Crippen LogP contribution in [0.4, 0.5) is 4.79 Å². The number of likely N-dealkylation sites (tertiary alicyclic amines) is 1. The lowest BCUT2D eigenvalue weighted by molar-refractivity contribution is -0.133. The number of urea groups is 1. The first kappa shape index (κ1) is 24.7. The Bertz CT molecular complexity index is 1160. The Morgan fingerprint density at radius 1 is 1.20 bits per heavy atom. The molecule has 2 aliphatic rings. The van der Waals surface area contributed by atoms with Gasteiger partial charge in [-0.1, -0.05) is 31.2 Å². The highest BCUT2D eigenvalue weighted by Gasteiger charge is 2.54. The molecule has 1 aromatic carbocycles. The highest BCUT2D eigenvalue weighted by molar-refractivity contribution is 6.07. The molecule has 0 radical (unpaired) electrons. The van der Waals surface area contributed by atoms with Crippen LogP contribution in [0, 0.1) is 19.8 Å². The number of aromatic nitrogens is 2. The molecule has 35 heavy (non-hydrogen) atoms. The minimum absolute atomic E-state index is 0.00471. The van der Waals surface area contributed by atoms with Crippen molar-refractivity contribution in [2.24, 2.45) is 5.92 Å². The lowest BCUT2D eigenvalue weighted by atomic mass is 9.75. The summed E-state index contributed by atoms with van der Waals surface area (Å²) < 4.78 is 1.94. The van der Waals surface area contributed by atoms with E-state index < -0.39 is 5.54 Å². The third-order valence-corrected chi connectivity index (χ3v) is 7.28. The average Bonchev–Trinajstić information content (AvgIpc) is 3.28. The van der Waals surface area contributed by atoms with Crippen molar-refractivity contribution in [3.8, 4) is 0 Å². The first-order chi connectivity index (χ1) is 16.6. The van der Waals surface area contributed by atoms with Gasteiger partial charge in [-0.3, -0.25) is 19.2 Å². The fourth-order valence-electron chi connectivity index (χ4n) is 5.43. The molecule has 8 nitrogen and oxygen atoms in total. The lowest BCUT2D eigenvalue weighted by Gasteiger charge is -2.40. The van der Waals surface area contributed by atoms with Crippen LogP contribution in [0.3, 0.4) is 0 Å². The number of piperidine rings is 1. The standard InChI is InChI=1S/C27H35N5O3/c1-6-27(25(34)31(16-18(2)3)26(35)28-27)23-10-12-30(13-11-23)24(33)22-9-7-8-21(15-22)17-32-20(5)14-19(4)29-32/h7-9,14-15,23H,2,6,10-13,16-17H2,1,3-5H3,(H,28,35). The van der Waals surface area contributed by atoms with E-state index >= 15 is 0 Å². The van der Waals surface area contributed by atoms with Gasteiger partial charge in [0.2, 0.25) is 0 Å². The number of amides is 4. The van der Waals surface area contributed by atoms with Crippen molar-refractivity contribution in [1.29, 1.82) is 0 Å². The SMILES string of the molecule is C=C(C)CN1C(=O)NC(CC)(C2CCN(C(=O)c3cccc(Cn4nc(C)cc4C)c3)CC2)C1=O. The molecule has 0 bridgehead atoms. The number of hydrogen-bond acceptors (Lipinski definition) is 4.